The number of hydrogen-bond acceptors (Lipinski definition) is 4. The van der Waals surface area contributed by atoms with Crippen molar-refractivity contribution in [3.63, 3.8) is 0 Å². The molecule has 0 atom stereocenters. The quantitative estimate of drug-likeness (QED) is 0.678. The molecular weight excluding hydrogens is 332 g/mol. The molecule has 4 heterocycles. The van der Waals surface area contributed by atoms with Crippen LogP contribution in [0.1, 0.15) is 10.6 Å². The summed E-state index contributed by atoms with van der Waals surface area (Å²) in [6.07, 6.45) is 7.58. The van der Waals surface area contributed by atoms with Gasteiger partial charge in [0.25, 0.3) is 0 Å². The van der Waals surface area contributed by atoms with Crippen LogP contribution in [0, 0.1) is 0 Å². The van der Waals surface area contributed by atoms with Gasteiger partial charge in [0.2, 0.25) is 5.91 Å². The van der Waals surface area contributed by atoms with Crippen LogP contribution in [-0.2, 0) is 11.3 Å². The van der Waals surface area contributed by atoms with E-state index in [-0.39, 0.29) is 5.91 Å². The zero-order valence-electron chi connectivity index (χ0n) is 13.9. The Balaban J connectivity index is 1.33. The number of rotatable bonds is 4. The lowest BCUT2D eigenvalue weighted by molar-refractivity contribution is -0.127. The summed E-state index contributed by atoms with van der Waals surface area (Å²) in [7, 11) is 0. The van der Waals surface area contributed by atoms with Crippen LogP contribution in [0.15, 0.2) is 54.2 Å². The highest BCUT2D eigenvalue weighted by Gasteiger charge is 2.20. The van der Waals surface area contributed by atoms with Gasteiger partial charge in [0.05, 0.1) is 11.9 Å². The van der Waals surface area contributed by atoms with Gasteiger partial charge < -0.3 is 9.30 Å². The number of pyridine rings is 1. The lowest BCUT2D eigenvalue weighted by atomic mass is 10.2. The van der Waals surface area contributed by atoms with E-state index in [9.17, 15) is 4.79 Å². The van der Waals surface area contributed by atoms with Gasteiger partial charge in [-0.3, -0.25) is 9.69 Å². The van der Waals surface area contributed by atoms with Crippen molar-refractivity contribution in [2.45, 2.75) is 6.54 Å². The van der Waals surface area contributed by atoms with Crippen LogP contribution in [0.2, 0.25) is 0 Å². The van der Waals surface area contributed by atoms with Gasteiger partial charge in [0.15, 0.2) is 0 Å². The maximum Gasteiger partial charge on any atom is 0.246 e. The highest BCUT2D eigenvalue weighted by Crippen LogP contribution is 2.13. The zero-order chi connectivity index (χ0) is 17.1. The Kier molecular flexibility index (Phi) is 4.63. The predicted octanol–water partition coefficient (Wildman–Crippen LogP) is 2.75. The third-order valence-corrected chi connectivity index (χ3v) is 5.33. The number of carbonyl (C=O) groups excluding carboxylic acids is 1. The second-order valence-corrected chi connectivity index (χ2v) is 7.11. The average Bonchev–Trinajstić information content (AvgIpc) is 3.31. The first kappa shape index (κ1) is 16.1. The minimum Gasteiger partial charge on any atom is -0.337 e. The first-order valence-corrected chi connectivity index (χ1v) is 9.31. The first-order valence-electron chi connectivity index (χ1n) is 8.43. The van der Waals surface area contributed by atoms with Crippen molar-refractivity contribution < 1.29 is 4.79 Å². The normalized spacial score (nSPS) is 16.1. The van der Waals surface area contributed by atoms with Gasteiger partial charge in [0, 0.05) is 49.9 Å². The molecule has 1 saturated heterocycles. The Morgan fingerprint density at radius 2 is 2.04 bits per heavy atom. The molecule has 1 aliphatic heterocycles. The number of amides is 1. The molecule has 0 spiro atoms. The SMILES string of the molecule is O=C(/C=C/c1cccs1)N1CCN(Cc2cnc3ccccn23)CC1. The summed E-state index contributed by atoms with van der Waals surface area (Å²) in [5.74, 6) is 0.0999. The Labute approximate surface area is 150 Å². The summed E-state index contributed by atoms with van der Waals surface area (Å²) in [5.41, 5.74) is 2.16. The average molecular weight is 352 g/mol. The molecule has 0 bridgehead atoms. The summed E-state index contributed by atoms with van der Waals surface area (Å²) in [5, 5.41) is 2.02. The molecule has 3 aromatic heterocycles. The van der Waals surface area contributed by atoms with Crippen molar-refractivity contribution in [2.75, 3.05) is 26.2 Å². The van der Waals surface area contributed by atoms with Crippen molar-refractivity contribution >= 4 is 29.0 Å². The van der Waals surface area contributed by atoms with E-state index in [1.807, 2.05) is 59.1 Å². The molecule has 0 radical (unpaired) electrons. The Morgan fingerprint density at radius 3 is 2.84 bits per heavy atom. The number of imidazole rings is 1. The third-order valence-electron chi connectivity index (χ3n) is 4.50. The molecule has 1 fully saturated rings. The van der Waals surface area contributed by atoms with Crippen molar-refractivity contribution in [1.29, 1.82) is 0 Å². The van der Waals surface area contributed by atoms with E-state index in [2.05, 4.69) is 14.3 Å². The number of piperazine rings is 1. The minimum atomic E-state index is 0.0999. The van der Waals surface area contributed by atoms with E-state index >= 15 is 0 Å². The standard InChI is InChI=1S/C19H20N4OS/c24-19(7-6-17-4-3-13-25-17)22-11-9-21(10-12-22)15-16-14-20-18-5-1-2-8-23(16)18/h1-8,13-14H,9-12,15H2/b7-6+. The molecule has 6 heteroatoms. The van der Waals surface area contributed by atoms with Crippen molar-refractivity contribution in [3.8, 4) is 0 Å². The number of nitrogens with zero attached hydrogens (tertiary/aromatic N) is 4. The predicted molar refractivity (Wildman–Crippen MR) is 100 cm³/mol. The third kappa shape index (κ3) is 3.65. The summed E-state index contributed by atoms with van der Waals surface area (Å²) >= 11 is 1.64. The van der Waals surface area contributed by atoms with E-state index in [1.165, 1.54) is 5.69 Å². The van der Waals surface area contributed by atoms with Gasteiger partial charge in [-0.15, -0.1) is 11.3 Å². The van der Waals surface area contributed by atoms with Gasteiger partial charge in [-0.1, -0.05) is 12.1 Å². The molecule has 4 rings (SSSR count). The van der Waals surface area contributed by atoms with Gasteiger partial charge in [-0.05, 0) is 29.7 Å². The number of thiophene rings is 1. The molecule has 25 heavy (non-hydrogen) atoms. The van der Waals surface area contributed by atoms with Crippen LogP contribution in [0.3, 0.4) is 0 Å². The molecule has 128 valence electrons. The molecular formula is C19H20N4OS. The molecule has 0 unspecified atom stereocenters. The number of carbonyl (C=O) groups is 1. The minimum absolute atomic E-state index is 0.0999. The summed E-state index contributed by atoms with van der Waals surface area (Å²) < 4.78 is 2.13. The molecule has 0 aliphatic carbocycles. The fourth-order valence-electron chi connectivity index (χ4n) is 3.10. The summed E-state index contributed by atoms with van der Waals surface area (Å²) in [6.45, 7) is 4.17. The van der Waals surface area contributed by atoms with Crippen molar-refractivity contribution in [1.82, 2.24) is 19.2 Å². The van der Waals surface area contributed by atoms with Crippen LogP contribution >= 0.6 is 11.3 Å². The molecule has 1 aliphatic rings. The fourth-order valence-corrected chi connectivity index (χ4v) is 3.72. The van der Waals surface area contributed by atoms with E-state index in [1.54, 1.807) is 17.4 Å². The van der Waals surface area contributed by atoms with Gasteiger partial charge >= 0.3 is 0 Å². The highest BCUT2D eigenvalue weighted by atomic mass is 32.1. The maximum atomic E-state index is 12.3. The molecule has 0 aromatic carbocycles. The van der Waals surface area contributed by atoms with Crippen LogP contribution in [0.5, 0.6) is 0 Å². The number of hydrogen-bond donors (Lipinski definition) is 0. The molecule has 1 amide bonds. The highest BCUT2D eigenvalue weighted by molar-refractivity contribution is 7.10. The number of aromatic nitrogens is 2. The van der Waals surface area contributed by atoms with E-state index in [0.717, 1.165) is 43.2 Å². The molecule has 0 saturated carbocycles. The van der Waals surface area contributed by atoms with E-state index < -0.39 is 0 Å². The molecule has 0 N–H and O–H groups in total. The van der Waals surface area contributed by atoms with Gasteiger partial charge in [-0.2, -0.15) is 0 Å². The van der Waals surface area contributed by atoms with Crippen molar-refractivity contribution in [2.24, 2.45) is 0 Å². The lowest BCUT2D eigenvalue weighted by Gasteiger charge is -2.34. The first-order chi connectivity index (χ1) is 12.3. The van der Waals surface area contributed by atoms with Gasteiger partial charge in [0.1, 0.15) is 5.65 Å². The van der Waals surface area contributed by atoms with Gasteiger partial charge in [-0.25, -0.2) is 4.98 Å². The monoisotopic (exact) mass is 352 g/mol. The van der Waals surface area contributed by atoms with Crippen LogP contribution in [0.4, 0.5) is 0 Å². The Morgan fingerprint density at radius 1 is 1.16 bits per heavy atom. The van der Waals surface area contributed by atoms with Crippen molar-refractivity contribution in [3.05, 3.63) is 64.8 Å². The summed E-state index contributed by atoms with van der Waals surface area (Å²) in [6, 6.07) is 10.0. The molecule has 5 nitrogen and oxygen atoms in total. The second-order valence-electron chi connectivity index (χ2n) is 6.13. The maximum absolute atomic E-state index is 12.3. The van der Waals surface area contributed by atoms with E-state index in [0.29, 0.717) is 0 Å². The topological polar surface area (TPSA) is 40.9 Å². The number of fused-ring (bicyclic) bond motifs is 1. The zero-order valence-corrected chi connectivity index (χ0v) is 14.7. The fraction of sp³-hybridized carbons (Fsp3) is 0.263. The van der Waals surface area contributed by atoms with Crippen LogP contribution in [0.25, 0.3) is 11.7 Å². The largest absolute Gasteiger partial charge is 0.337 e. The van der Waals surface area contributed by atoms with Crippen LogP contribution < -0.4 is 0 Å². The molecule has 3 aromatic rings. The second kappa shape index (κ2) is 7.21. The summed E-state index contributed by atoms with van der Waals surface area (Å²) in [4.78, 5) is 22.2. The lowest BCUT2D eigenvalue weighted by Crippen LogP contribution is -2.47. The van der Waals surface area contributed by atoms with Crippen LogP contribution in [-0.4, -0.2) is 51.3 Å². The Bertz CT molecular complexity index is 876. The smallest absolute Gasteiger partial charge is 0.246 e. The van der Waals surface area contributed by atoms with E-state index in [4.69, 9.17) is 0 Å². The Hall–Kier alpha value is -2.44.